The second-order valence-electron chi connectivity index (χ2n) is 3.58. The molecular formula is C8H13N3O4S2. The van der Waals surface area contributed by atoms with Gasteiger partial charge in [0.25, 0.3) is 0 Å². The first kappa shape index (κ1) is 14.0. The Labute approximate surface area is 100 Å². The molecule has 2 N–H and O–H groups in total. The van der Waals surface area contributed by atoms with Crippen LogP contribution in [0.1, 0.15) is 11.5 Å². The summed E-state index contributed by atoms with van der Waals surface area (Å²) in [7, 11) is -7.56. The molecule has 0 atom stereocenters. The minimum absolute atomic E-state index is 0.175. The monoisotopic (exact) mass is 279 g/mol. The fraction of sp³-hybridized carbons (Fsp3) is 0.500. The Kier molecular flexibility index (Phi) is 3.84. The van der Waals surface area contributed by atoms with Crippen LogP contribution < -0.4 is 5.14 Å². The molecule has 1 aromatic heterocycles. The Balaban J connectivity index is 3.05. The number of hydrogen-bond donors (Lipinski definition) is 1. The van der Waals surface area contributed by atoms with Crippen LogP contribution in [0.5, 0.6) is 0 Å². The van der Waals surface area contributed by atoms with Crippen LogP contribution in [0.2, 0.25) is 0 Å². The summed E-state index contributed by atoms with van der Waals surface area (Å²) < 4.78 is 45.0. The molecule has 0 bridgehead atoms. The first-order chi connectivity index (χ1) is 7.60. The molecule has 0 unspecified atom stereocenters. The topological polar surface area (TPSA) is 120 Å². The zero-order valence-corrected chi connectivity index (χ0v) is 11.0. The molecule has 0 radical (unpaired) electrons. The summed E-state index contributed by atoms with van der Waals surface area (Å²) in [5.74, 6) is -0.890. The van der Waals surface area contributed by atoms with Crippen molar-refractivity contribution >= 4 is 19.9 Å². The minimum Gasteiger partial charge on any atom is -0.238 e. The highest BCUT2D eigenvalue weighted by atomic mass is 32.2. The first-order valence-electron chi connectivity index (χ1n) is 4.66. The molecule has 1 aromatic rings. The molecule has 0 aliphatic heterocycles. The van der Waals surface area contributed by atoms with Gasteiger partial charge in [-0.3, -0.25) is 0 Å². The molecule has 0 amide bonds. The van der Waals surface area contributed by atoms with Gasteiger partial charge in [-0.05, 0) is 19.9 Å². The van der Waals surface area contributed by atoms with Crippen molar-refractivity contribution in [2.45, 2.75) is 18.9 Å². The zero-order valence-electron chi connectivity index (χ0n) is 9.41. The van der Waals surface area contributed by atoms with E-state index < -0.39 is 31.4 Å². The van der Waals surface area contributed by atoms with Crippen LogP contribution in [0.3, 0.4) is 0 Å². The fourth-order valence-electron chi connectivity index (χ4n) is 1.17. The maximum absolute atomic E-state index is 11.8. The molecule has 96 valence electrons. The van der Waals surface area contributed by atoms with E-state index in [1.165, 1.54) is 6.07 Å². The summed E-state index contributed by atoms with van der Waals surface area (Å²) in [6, 6.07) is 1.30. The second kappa shape index (κ2) is 4.67. The van der Waals surface area contributed by atoms with Crippen molar-refractivity contribution in [2.75, 3.05) is 11.5 Å². The van der Waals surface area contributed by atoms with Gasteiger partial charge in [0.2, 0.25) is 10.0 Å². The van der Waals surface area contributed by atoms with Crippen LogP contribution in [0, 0.1) is 13.8 Å². The van der Waals surface area contributed by atoms with E-state index in [1.54, 1.807) is 13.8 Å². The average molecular weight is 279 g/mol. The Morgan fingerprint density at radius 3 is 2.18 bits per heavy atom. The van der Waals surface area contributed by atoms with Crippen molar-refractivity contribution in [3.05, 3.63) is 17.6 Å². The summed E-state index contributed by atoms with van der Waals surface area (Å²) in [6.07, 6.45) is 0. The fourth-order valence-corrected chi connectivity index (χ4v) is 3.81. The summed E-state index contributed by atoms with van der Waals surface area (Å²) in [5, 5.41) is 4.58. The quantitative estimate of drug-likeness (QED) is 0.717. The Hall–Kier alpha value is -1.06. The molecule has 0 aliphatic carbocycles. The Morgan fingerprint density at radius 1 is 1.12 bits per heavy atom. The lowest BCUT2D eigenvalue weighted by molar-refractivity contribution is 0.585. The zero-order chi connectivity index (χ0) is 13.3. The van der Waals surface area contributed by atoms with Crippen molar-refractivity contribution in [3.8, 4) is 0 Å². The van der Waals surface area contributed by atoms with Gasteiger partial charge in [0.15, 0.2) is 14.9 Å². The molecule has 9 heteroatoms. The predicted molar refractivity (Wildman–Crippen MR) is 61.5 cm³/mol. The van der Waals surface area contributed by atoms with Gasteiger partial charge in [-0.2, -0.15) is 0 Å². The van der Waals surface area contributed by atoms with Crippen LogP contribution in [-0.2, 0) is 19.9 Å². The van der Waals surface area contributed by atoms with Crippen LogP contribution in [0.15, 0.2) is 11.1 Å². The van der Waals surface area contributed by atoms with E-state index in [0.717, 1.165) is 0 Å². The number of hydrogen-bond acceptors (Lipinski definition) is 6. The maximum Gasteiger partial charge on any atom is 0.210 e. The van der Waals surface area contributed by atoms with Crippen molar-refractivity contribution in [3.63, 3.8) is 0 Å². The van der Waals surface area contributed by atoms with Crippen molar-refractivity contribution in [1.82, 2.24) is 9.97 Å². The summed E-state index contributed by atoms with van der Waals surface area (Å²) >= 11 is 0. The van der Waals surface area contributed by atoms with E-state index in [2.05, 4.69) is 9.97 Å². The van der Waals surface area contributed by atoms with Crippen molar-refractivity contribution in [1.29, 1.82) is 0 Å². The van der Waals surface area contributed by atoms with Gasteiger partial charge in [0, 0.05) is 5.69 Å². The smallest absolute Gasteiger partial charge is 0.210 e. The molecule has 0 saturated heterocycles. The molecule has 0 aromatic carbocycles. The summed E-state index contributed by atoms with van der Waals surface area (Å²) in [4.78, 5) is 7.71. The van der Waals surface area contributed by atoms with Crippen LogP contribution in [-0.4, -0.2) is 38.3 Å². The lowest BCUT2D eigenvalue weighted by Gasteiger charge is -2.04. The number of primary sulfonamides is 1. The minimum atomic E-state index is -3.81. The van der Waals surface area contributed by atoms with Gasteiger partial charge in [0.1, 0.15) is 5.82 Å². The summed E-state index contributed by atoms with van der Waals surface area (Å²) in [6.45, 7) is 3.19. The highest BCUT2D eigenvalue weighted by Crippen LogP contribution is 2.09. The third kappa shape index (κ3) is 4.36. The lowest BCUT2D eigenvalue weighted by atomic mass is 10.4. The SMILES string of the molecule is Cc1cc(S(=O)(=O)CCS(N)(=O)=O)nc(C)n1. The van der Waals surface area contributed by atoms with Gasteiger partial charge in [-0.25, -0.2) is 31.9 Å². The second-order valence-corrected chi connectivity index (χ2v) is 7.37. The number of nitrogens with two attached hydrogens (primary N) is 1. The number of rotatable bonds is 4. The van der Waals surface area contributed by atoms with E-state index >= 15 is 0 Å². The molecule has 0 spiro atoms. The van der Waals surface area contributed by atoms with Gasteiger partial charge >= 0.3 is 0 Å². The molecule has 0 fully saturated rings. The van der Waals surface area contributed by atoms with Gasteiger partial charge in [-0.1, -0.05) is 0 Å². The molecule has 17 heavy (non-hydrogen) atoms. The third-order valence-corrected chi connectivity index (χ3v) is 4.52. The van der Waals surface area contributed by atoms with Gasteiger partial charge in [-0.15, -0.1) is 0 Å². The highest BCUT2D eigenvalue weighted by Gasteiger charge is 2.20. The molecule has 1 rings (SSSR count). The van der Waals surface area contributed by atoms with Crippen LogP contribution in [0.4, 0.5) is 0 Å². The highest BCUT2D eigenvalue weighted by molar-refractivity contribution is 7.94. The van der Waals surface area contributed by atoms with E-state index in [1.807, 2.05) is 0 Å². The Morgan fingerprint density at radius 2 is 1.71 bits per heavy atom. The van der Waals surface area contributed by atoms with E-state index in [4.69, 9.17) is 5.14 Å². The van der Waals surface area contributed by atoms with E-state index in [0.29, 0.717) is 11.5 Å². The largest absolute Gasteiger partial charge is 0.238 e. The van der Waals surface area contributed by atoms with Gasteiger partial charge < -0.3 is 0 Å². The standard InChI is InChI=1S/C8H13N3O4S2/c1-6-5-8(11-7(2)10-6)16(12,13)3-4-17(9,14)15/h5H,3-4H2,1-2H3,(H2,9,14,15). The number of aromatic nitrogens is 2. The number of sulfonamides is 1. The lowest BCUT2D eigenvalue weighted by Crippen LogP contribution is -2.24. The molecule has 1 heterocycles. The first-order valence-corrected chi connectivity index (χ1v) is 8.02. The van der Waals surface area contributed by atoms with Crippen molar-refractivity contribution in [2.24, 2.45) is 5.14 Å². The average Bonchev–Trinajstić information content (AvgIpc) is 2.12. The maximum atomic E-state index is 11.8. The molecule has 0 saturated carbocycles. The van der Waals surface area contributed by atoms with E-state index in [9.17, 15) is 16.8 Å². The molecule has 0 aliphatic rings. The number of sulfone groups is 1. The van der Waals surface area contributed by atoms with Crippen molar-refractivity contribution < 1.29 is 16.8 Å². The third-order valence-electron chi connectivity index (χ3n) is 1.90. The van der Waals surface area contributed by atoms with Gasteiger partial charge in [0.05, 0.1) is 11.5 Å². The number of aryl methyl sites for hydroxylation is 2. The molecular weight excluding hydrogens is 266 g/mol. The normalized spacial score (nSPS) is 12.6. The predicted octanol–water partition coefficient (Wildman–Crippen LogP) is -0.844. The molecule has 7 nitrogen and oxygen atoms in total. The van der Waals surface area contributed by atoms with Crippen LogP contribution >= 0.6 is 0 Å². The van der Waals surface area contributed by atoms with Crippen LogP contribution in [0.25, 0.3) is 0 Å². The van der Waals surface area contributed by atoms with E-state index in [-0.39, 0.29) is 5.03 Å². The number of nitrogens with zero attached hydrogens (tertiary/aromatic N) is 2. The summed E-state index contributed by atoms with van der Waals surface area (Å²) in [5.41, 5.74) is 0.506. The Bertz CT molecular complexity index is 602.